The molecule has 1 aromatic heterocycles. The highest BCUT2D eigenvalue weighted by Crippen LogP contribution is 2.18. The summed E-state index contributed by atoms with van der Waals surface area (Å²) < 4.78 is 5.57. The van der Waals surface area contributed by atoms with Crippen molar-refractivity contribution in [2.75, 3.05) is 5.32 Å². The van der Waals surface area contributed by atoms with Crippen LogP contribution in [0.25, 0.3) is 11.1 Å². The topological polar surface area (TPSA) is 38.1 Å². The molecule has 4 heteroatoms. The Hall–Kier alpha value is -2.00. The number of fused-ring (bicyclic) bond motifs is 1. The number of benzene rings is 2. The monoisotopic (exact) mass is 258 g/mol. The first-order chi connectivity index (χ1) is 8.81. The second-order valence-electron chi connectivity index (χ2n) is 3.97. The summed E-state index contributed by atoms with van der Waals surface area (Å²) in [6.45, 7) is 0.657. The highest BCUT2D eigenvalue weighted by molar-refractivity contribution is 6.30. The molecule has 0 aliphatic carbocycles. The summed E-state index contributed by atoms with van der Waals surface area (Å²) in [6, 6.07) is 15.9. The zero-order chi connectivity index (χ0) is 12.4. The molecule has 0 fully saturated rings. The van der Waals surface area contributed by atoms with Crippen LogP contribution in [0.1, 0.15) is 5.56 Å². The van der Waals surface area contributed by atoms with E-state index in [0.717, 1.165) is 21.7 Å². The Morgan fingerprint density at radius 2 is 1.83 bits per heavy atom. The molecule has 0 amide bonds. The molecule has 0 radical (unpaired) electrons. The molecule has 0 aliphatic rings. The van der Waals surface area contributed by atoms with E-state index in [-0.39, 0.29) is 0 Å². The summed E-state index contributed by atoms with van der Waals surface area (Å²) >= 11 is 5.83. The van der Waals surface area contributed by atoms with Gasteiger partial charge in [0.15, 0.2) is 5.58 Å². The predicted octanol–water partition coefficient (Wildman–Crippen LogP) is 4.09. The lowest BCUT2D eigenvalue weighted by Crippen LogP contribution is -1.98. The van der Waals surface area contributed by atoms with Crippen molar-refractivity contribution in [3.8, 4) is 0 Å². The molecule has 0 atom stereocenters. The molecule has 3 nitrogen and oxygen atoms in total. The van der Waals surface area contributed by atoms with Gasteiger partial charge in [-0.1, -0.05) is 35.9 Å². The minimum atomic E-state index is 0.533. The number of aromatic nitrogens is 1. The number of nitrogens with zero attached hydrogens (tertiary/aromatic N) is 1. The Bertz CT molecular complexity index is 628. The number of halogens is 1. The van der Waals surface area contributed by atoms with Gasteiger partial charge in [0.25, 0.3) is 6.01 Å². The van der Waals surface area contributed by atoms with Crippen LogP contribution in [-0.2, 0) is 6.54 Å². The second-order valence-corrected chi connectivity index (χ2v) is 4.40. The minimum absolute atomic E-state index is 0.533. The minimum Gasteiger partial charge on any atom is -0.424 e. The quantitative estimate of drug-likeness (QED) is 0.769. The lowest BCUT2D eigenvalue weighted by atomic mass is 10.2. The Kier molecular flexibility index (Phi) is 2.90. The van der Waals surface area contributed by atoms with Crippen LogP contribution in [0.2, 0.25) is 5.02 Å². The van der Waals surface area contributed by atoms with Gasteiger partial charge in [-0.25, -0.2) is 0 Å². The van der Waals surface area contributed by atoms with Gasteiger partial charge in [-0.15, -0.1) is 0 Å². The summed E-state index contributed by atoms with van der Waals surface area (Å²) in [6.07, 6.45) is 0. The zero-order valence-electron chi connectivity index (χ0n) is 9.56. The third kappa shape index (κ3) is 2.31. The third-order valence-electron chi connectivity index (χ3n) is 2.65. The van der Waals surface area contributed by atoms with Crippen molar-refractivity contribution in [2.24, 2.45) is 0 Å². The van der Waals surface area contributed by atoms with E-state index in [2.05, 4.69) is 10.3 Å². The molecule has 0 saturated heterocycles. The van der Waals surface area contributed by atoms with Crippen molar-refractivity contribution in [3.05, 3.63) is 59.1 Å². The fraction of sp³-hybridized carbons (Fsp3) is 0.0714. The molecular formula is C14H11ClN2O. The average molecular weight is 259 g/mol. The standard InChI is InChI=1S/C14H11ClN2O/c15-11-7-5-10(6-8-11)9-16-14-17-12-3-1-2-4-13(12)18-14/h1-8H,9H2,(H,16,17). The maximum Gasteiger partial charge on any atom is 0.295 e. The molecule has 0 unspecified atom stereocenters. The van der Waals surface area contributed by atoms with E-state index < -0.39 is 0 Å². The van der Waals surface area contributed by atoms with Crippen molar-refractivity contribution < 1.29 is 4.42 Å². The van der Waals surface area contributed by atoms with E-state index in [1.54, 1.807) is 0 Å². The average Bonchev–Trinajstić information content (AvgIpc) is 2.81. The first-order valence-electron chi connectivity index (χ1n) is 5.65. The predicted molar refractivity (Wildman–Crippen MR) is 72.8 cm³/mol. The molecule has 0 spiro atoms. The van der Waals surface area contributed by atoms with Crippen molar-refractivity contribution >= 4 is 28.7 Å². The van der Waals surface area contributed by atoms with E-state index in [4.69, 9.17) is 16.0 Å². The van der Waals surface area contributed by atoms with Gasteiger partial charge in [-0.3, -0.25) is 0 Å². The molecule has 2 aromatic carbocycles. The van der Waals surface area contributed by atoms with Gasteiger partial charge >= 0.3 is 0 Å². The summed E-state index contributed by atoms with van der Waals surface area (Å²) in [7, 11) is 0. The molecule has 90 valence electrons. The maximum atomic E-state index is 5.83. The van der Waals surface area contributed by atoms with Crippen LogP contribution < -0.4 is 5.32 Å². The second kappa shape index (κ2) is 4.70. The first kappa shape index (κ1) is 11.1. The summed E-state index contributed by atoms with van der Waals surface area (Å²) in [5, 5.41) is 3.89. The fourth-order valence-corrected chi connectivity index (χ4v) is 1.85. The number of hydrogen-bond acceptors (Lipinski definition) is 3. The molecule has 3 aromatic rings. The highest BCUT2D eigenvalue weighted by Gasteiger charge is 2.03. The van der Waals surface area contributed by atoms with Crippen LogP contribution >= 0.6 is 11.6 Å². The van der Waals surface area contributed by atoms with Gasteiger partial charge in [0.05, 0.1) is 0 Å². The van der Waals surface area contributed by atoms with Crippen molar-refractivity contribution in [1.82, 2.24) is 4.98 Å². The van der Waals surface area contributed by atoms with Crippen LogP contribution in [0.4, 0.5) is 6.01 Å². The van der Waals surface area contributed by atoms with Gasteiger partial charge < -0.3 is 9.73 Å². The normalized spacial score (nSPS) is 10.7. The summed E-state index contributed by atoms with van der Waals surface area (Å²) in [5.74, 6) is 0. The molecule has 18 heavy (non-hydrogen) atoms. The Morgan fingerprint density at radius 3 is 2.61 bits per heavy atom. The van der Waals surface area contributed by atoms with Gasteiger partial charge in [0, 0.05) is 11.6 Å². The van der Waals surface area contributed by atoms with Gasteiger partial charge in [-0.2, -0.15) is 4.98 Å². The lowest BCUT2D eigenvalue weighted by Gasteiger charge is -2.01. The molecule has 1 heterocycles. The van der Waals surface area contributed by atoms with Gasteiger partial charge in [0.2, 0.25) is 0 Å². The van der Waals surface area contributed by atoms with Crippen LogP contribution in [0.15, 0.2) is 52.9 Å². The highest BCUT2D eigenvalue weighted by atomic mass is 35.5. The zero-order valence-corrected chi connectivity index (χ0v) is 10.3. The maximum absolute atomic E-state index is 5.83. The van der Waals surface area contributed by atoms with Crippen LogP contribution in [0.3, 0.4) is 0 Å². The Balaban J connectivity index is 1.74. The SMILES string of the molecule is Clc1ccc(CNc2nc3ccccc3o2)cc1. The van der Waals surface area contributed by atoms with Crippen LogP contribution in [0.5, 0.6) is 0 Å². The van der Waals surface area contributed by atoms with Gasteiger partial charge in [0.1, 0.15) is 5.52 Å². The van der Waals surface area contributed by atoms with E-state index >= 15 is 0 Å². The molecule has 0 saturated carbocycles. The van der Waals surface area contributed by atoms with E-state index in [1.165, 1.54) is 0 Å². The van der Waals surface area contributed by atoms with E-state index in [0.29, 0.717) is 12.6 Å². The number of para-hydroxylation sites is 2. The van der Waals surface area contributed by atoms with Gasteiger partial charge in [-0.05, 0) is 29.8 Å². The van der Waals surface area contributed by atoms with E-state index in [9.17, 15) is 0 Å². The molecule has 3 rings (SSSR count). The van der Waals surface area contributed by atoms with E-state index in [1.807, 2.05) is 48.5 Å². The largest absolute Gasteiger partial charge is 0.424 e. The number of hydrogen-bond donors (Lipinski definition) is 1. The fourth-order valence-electron chi connectivity index (χ4n) is 1.73. The number of oxazole rings is 1. The smallest absolute Gasteiger partial charge is 0.295 e. The molecule has 0 bridgehead atoms. The summed E-state index contributed by atoms with van der Waals surface area (Å²) in [5.41, 5.74) is 2.77. The van der Waals surface area contributed by atoms with Crippen LogP contribution in [-0.4, -0.2) is 4.98 Å². The number of nitrogens with one attached hydrogen (secondary N) is 1. The summed E-state index contributed by atoms with van der Waals surface area (Å²) in [4.78, 5) is 4.34. The number of anilines is 1. The van der Waals surface area contributed by atoms with Crippen molar-refractivity contribution in [3.63, 3.8) is 0 Å². The number of rotatable bonds is 3. The van der Waals surface area contributed by atoms with Crippen molar-refractivity contribution in [2.45, 2.75) is 6.54 Å². The lowest BCUT2D eigenvalue weighted by molar-refractivity contribution is 0.614. The van der Waals surface area contributed by atoms with Crippen LogP contribution in [0, 0.1) is 0 Å². The third-order valence-corrected chi connectivity index (χ3v) is 2.90. The van der Waals surface area contributed by atoms with Crippen molar-refractivity contribution in [1.29, 1.82) is 0 Å². The molecule has 0 aliphatic heterocycles. The molecule has 1 N–H and O–H groups in total. The Labute approximate surface area is 109 Å². The Morgan fingerprint density at radius 1 is 1.06 bits per heavy atom. The first-order valence-corrected chi connectivity index (χ1v) is 6.03. The molecular weight excluding hydrogens is 248 g/mol.